The minimum absolute atomic E-state index is 0.0658. The molecule has 0 fully saturated rings. The second-order valence-electron chi connectivity index (χ2n) is 3.42. The summed E-state index contributed by atoms with van der Waals surface area (Å²) in [6, 6.07) is 0. The van der Waals surface area contributed by atoms with E-state index in [1.807, 2.05) is 6.92 Å². The fourth-order valence-corrected chi connectivity index (χ4v) is 2.17. The van der Waals surface area contributed by atoms with Crippen LogP contribution in [0.15, 0.2) is 9.95 Å². The van der Waals surface area contributed by atoms with Crippen LogP contribution in [-0.2, 0) is 10.1 Å². The Kier molecular flexibility index (Phi) is 4.89. The molecular formula is C8H11N3O6S2. The third-order valence-electron chi connectivity index (χ3n) is 1.70. The highest BCUT2D eigenvalue weighted by Gasteiger charge is 2.26. The van der Waals surface area contributed by atoms with E-state index >= 15 is 0 Å². The fourth-order valence-electron chi connectivity index (χ4n) is 1.06. The van der Waals surface area contributed by atoms with Crippen LogP contribution in [0.25, 0.3) is 0 Å². The Labute approximate surface area is 112 Å². The van der Waals surface area contributed by atoms with Crippen LogP contribution >= 0.6 is 11.8 Å². The van der Waals surface area contributed by atoms with Gasteiger partial charge in [0.05, 0.1) is 11.2 Å². The van der Waals surface area contributed by atoms with E-state index in [0.717, 1.165) is 18.2 Å². The lowest BCUT2D eigenvalue weighted by Gasteiger charge is -2.04. The molecule has 1 aromatic rings. The van der Waals surface area contributed by atoms with Gasteiger partial charge < -0.3 is 4.18 Å². The van der Waals surface area contributed by atoms with E-state index in [4.69, 9.17) is 0 Å². The first-order chi connectivity index (χ1) is 8.74. The minimum Gasteiger partial charge on any atom is -0.354 e. The molecule has 1 N–H and O–H groups in total. The van der Waals surface area contributed by atoms with Gasteiger partial charge in [-0.15, -0.1) is 0 Å². The number of aromatic amines is 1. The van der Waals surface area contributed by atoms with Crippen molar-refractivity contribution in [3.05, 3.63) is 20.5 Å². The summed E-state index contributed by atoms with van der Waals surface area (Å²) in [5, 5.41) is 10.8. The lowest BCUT2D eigenvalue weighted by Crippen LogP contribution is -2.18. The Morgan fingerprint density at radius 3 is 2.63 bits per heavy atom. The molecule has 0 aliphatic carbocycles. The highest BCUT2D eigenvalue weighted by molar-refractivity contribution is 7.99. The summed E-state index contributed by atoms with van der Waals surface area (Å²) in [7, 11) is -4.02. The highest BCUT2D eigenvalue weighted by atomic mass is 32.2. The first-order valence-corrected chi connectivity index (χ1v) is 7.85. The zero-order chi connectivity index (χ0) is 14.6. The van der Waals surface area contributed by atoms with Gasteiger partial charge in [-0.3, -0.25) is 19.9 Å². The van der Waals surface area contributed by atoms with Crippen LogP contribution in [0.2, 0.25) is 0 Å². The third kappa shape index (κ3) is 4.52. The van der Waals surface area contributed by atoms with Crippen LogP contribution in [0.5, 0.6) is 5.88 Å². The van der Waals surface area contributed by atoms with Crippen molar-refractivity contribution in [1.29, 1.82) is 0 Å². The molecule has 0 radical (unpaired) electrons. The quantitative estimate of drug-likeness (QED) is 0.264. The monoisotopic (exact) mass is 309 g/mol. The van der Waals surface area contributed by atoms with Crippen molar-refractivity contribution in [3.8, 4) is 5.88 Å². The van der Waals surface area contributed by atoms with Crippen molar-refractivity contribution in [2.24, 2.45) is 0 Å². The molecule has 0 saturated carbocycles. The fraction of sp³-hybridized carbons (Fsp3) is 0.500. The number of nitrogens with one attached hydrogen (secondary N) is 1. The standard InChI is InChI=1S/C8H11N3O6S2/c1-3-4-18-8-9-6(12)5(11(13)14)7(10-8)17-19(2,15)16/h3-4H2,1-2H3,(H,9,10,12). The third-order valence-corrected chi connectivity index (χ3v) is 3.24. The number of aromatic nitrogens is 2. The summed E-state index contributed by atoms with van der Waals surface area (Å²) in [6.45, 7) is 1.89. The van der Waals surface area contributed by atoms with Gasteiger partial charge in [0.15, 0.2) is 5.16 Å². The summed E-state index contributed by atoms with van der Waals surface area (Å²) < 4.78 is 26.4. The van der Waals surface area contributed by atoms with Crippen molar-refractivity contribution >= 4 is 27.6 Å². The number of nitrogens with zero attached hydrogens (tertiary/aromatic N) is 2. The van der Waals surface area contributed by atoms with Gasteiger partial charge in [-0.25, -0.2) is 0 Å². The molecule has 0 saturated heterocycles. The largest absolute Gasteiger partial charge is 0.396 e. The van der Waals surface area contributed by atoms with E-state index in [2.05, 4.69) is 14.2 Å². The SMILES string of the molecule is CCCSc1nc(OS(C)(=O)=O)c([N+](=O)[O-])c(=O)[nH]1. The lowest BCUT2D eigenvalue weighted by molar-refractivity contribution is -0.387. The van der Waals surface area contributed by atoms with Gasteiger partial charge in [-0.1, -0.05) is 18.7 Å². The van der Waals surface area contributed by atoms with Crippen LogP contribution in [0.3, 0.4) is 0 Å². The smallest absolute Gasteiger partial charge is 0.354 e. The van der Waals surface area contributed by atoms with Gasteiger partial charge >= 0.3 is 27.2 Å². The van der Waals surface area contributed by atoms with Gasteiger partial charge in [-0.2, -0.15) is 13.4 Å². The van der Waals surface area contributed by atoms with Gasteiger partial charge in [0.2, 0.25) is 0 Å². The van der Waals surface area contributed by atoms with Crippen LogP contribution in [0.4, 0.5) is 5.69 Å². The molecule has 0 bridgehead atoms. The summed E-state index contributed by atoms with van der Waals surface area (Å²) in [5.74, 6) is -0.214. The lowest BCUT2D eigenvalue weighted by atomic mass is 10.5. The van der Waals surface area contributed by atoms with Crippen LogP contribution in [0.1, 0.15) is 13.3 Å². The van der Waals surface area contributed by atoms with Gasteiger partial charge in [-0.05, 0) is 6.42 Å². The van der Waals surface area contributed by atoms with Gasteiger partial charge in [0, 0.05) is 5.75 Å². The second kappa shape index (κ2) is 6.02. The molecule has 0 aliphatic rings. The topological polar surface area (TPSA) is 132 Å². The van der Waals surface area contributed by atoms with E-state index in [1.54, 1.807) is 0 Å². The van der Waals surface area contributed by atoms with Crippen molar-refractivity contribution in [1.82, 2.24) is 9.97 Å². The van der Waals surface area contributed by atoms with Crippen LogP contribution < -0.4 is 9.74 Å². The molecule has 1 rings (SSSR count). The molecular weight excluding hydrogens is 298 g/mol. The predicted molar refractivity (Wildman–Crippen MR) is 68.0 cm³/mol. The molecule has 0 aromatic carbocycles. The maximum Gasteiger partial charge on any atom is 0.396 e. The first-order valence-electron chi connectivity index (χ1n) is 5.05. The molecule has 0 unspecified atom stereocenters. The van der Waals surface area contributed by atoms with Crippen molar-refractivity contribution < 1.29 is 17.5 Å². The molecule has 1 aromatic heterocycles. The van der Waals surface area contributed by atoms with Crippen molar-refractivity contribution in [3.63, 3.8) is 0 Å². The average Bonchev–Trinajstić information content (AvgIpc) is 2.22. The van der Waals surface area contributed by atoms with Crippen LogP contribution in [-0.4, -0.2) is 35.3 Å². The van der Waals surface area contributed by atoms with E-state index in [1.165, 1.54) is 0 Å². The Hall–Kier alpha value is -1.62. The number of nitro groups is 1. The molecule has 9 nitrogen and oxygen atoms in total. The van der Waals surface area contributed by atoms with Crippen LogP contribution in [0, 0.1) is 10.1 Å². The highest BCUT2D eigenvalue weighted by Crippen LogP contribution is 2.24. The maximum atomic E-state index is 11.5. The Morgan fingerprint density at radius 2 is 2.16 bits per heavy atom. The maximum absolute atomic E-state index is 11.5. The Morgan fingerprint density at radius 1 is 1.53 bits per heavy atom. The average molecular weight is 309 g/mol. The molecule has 0 atom stereocenters. The van der Waals surface area contributed by atoms with Gasteiger partial charge in [0.25, 0.3) is 0 Å². The van der Waals surface area contributed by atoms with Crippen molar-refractivity contribution in [2.45, 2.75) is 18.5 Å². The number of hydrogen-bond donors (Lipinski definition) is 1. The van der Waals surface area contributed by atoms with E-state index in [9.17, 15) is 23.3 Å². The van der Waals surface area contributed by atoms with E-state index in [0.29, 0.717) is 12.0 Å². The minimum atomic E-state index is -4.02. The molecule has 19 heavy (non-hydrogen) atoms. The zero-order valence-electron chi connectivity index (χ0n) is 10.1. The number of H-pyrrole nitrogens is 1. The predicted octanol–water partition coefficient (Wildman–Crippen LogP) is 0.519. The number of rotatable bonds is 6. The number of thioether (sulfide) groups is 1. The zero-order valence-corrected chi connectivity index (χ0v) is 11.7. The summed E-state index contributed by atoms with van der Waals surface area (Å²) in [5.41, 5.74) is -2.09. The molecule has 0 aliphatic heterocycles. The Bertz CT molecular complexity index is 638. The summed E-state index contributed by atoms with van der Waals surface area (Å²) >= 11 is 1.13. The second-order valence-corrected chi connectivity index (χ2v) is 6.08. The molecule has 0 spiro atoms. The van der Waals surface area contributed by atoms with E-state index < -0.39 is 32.2 Å². The normalized spacial score (nSPS) is 11.3. The first kappa shape index (κ1) is 15.4. The Balaban J connectivity index is 3.33. The molecule has 1 heterocycles. The van der Waals surface area contributed by atoms with Crippen molar-refractivity contribution in [2.75, 3.05) is 12.0 Å². The molecule has 11 heteroatoms. The molecule has 0 amide bonds. The molecule has 106 valence electrons. The summed E-state index contributed by atoms with van der Waals surface area (Å²) in [6.07, 6.45) is 1.49. The van der Waals surface area contributed by atoms with E-state index in [-0.39, 0.29) is 5.16 Å². The van der Waals surface area contributed by atoms with Gasteiger partial charge in [0.1, 0.15) is 0 Å². The number of hydrogen-bond acceptors (Lipinski definition) is 8. The summed E-state index contributed by atoms with van der Waals surface area (Å²) in [4.78, 5) is 27.0.